The Kier molecular flexibility index (Phi) is 5.84. The predicted molar refractivity (Wildman–Crippen MR) is 174 cm³/mol. The molecule has 0 unspecified atom stereocenters. The van der Waals surface area contributed by atoms with E-state index in [9.17, 15) is 14.4 Å². The minimum atomic E-state index is -0.399. The molecule has 0 fully saturated rings. The second-order valence-corrected chi connectivity index (χ2v) is 10.8. The Hall–Kier alpha value is -6.07. The van der Waals surface area contributed by atoms with Crippen LogP contribution >= 0.6 is 0 Å². The van der Waals surface area contributed by atoms with Crippen LogP contribution in [-0.2, 0) is 0 Å². The molecule has 0 atom stereocenters. The van der Waals surface area contributed by atoms with Crippen LogP contribution in [-0.4, -0.2) is 22.2 Å². The zero-order chi connectivity index (χ0) is 29.8. The topological polar surface area (TPSA) is 59.4 Å². The van der Waals surface area contributed by atoms with E-state index in [0.717, 1.165) is 27.4 Å². The van der Waals surface area contributed by atoms with Crippen LogP contribution in [0.15, 0.2) is 146 Å². The third-order valence-electron chi connectivity index (χ3n) is 8.32. The molecule has 44 heavy (non-hydrogen) atoms. The van der Waals surface area contributed by atoms with Crippen LogP contribution in [0, 0.1) is 0 Å². The first-order chi connectivity index (χ1) is 21.6. The lowest BCUT2D eigenvalue weighted by atomic mass is 10.00. The molecule has 1 aliphatic rings. The molecule has 0 saturated heterocycles. The lowest BCUT2D eigenvalue weighted by Crippen LogP contribution is -2.29. The average molecular weight is 569 g/mol. The maximum atomic E-state index is 14.3. The van der Waals surface area contributed by atoms with Crippen molar-refractivity contribution in [2.24, 2.45) is 0 Å². The molecule has 2 heterocycles. The Morgan fingerprint density at radius 2 is 1.20 bits per heavy atom. The SMILES string of the molecule is O=C(c1ccccc1)c1cccc2c3ccccc3n(-c3cccc4c3C(=O)N(c3cccc(-c5ccccc5)c3)C4=O)c12. The maximum Gasteiger partial charge on any atom is 0.268 e. The minimum Gasteiger partial charge on any atom is -0.308 e. The third-order valence-corrected chi connectivity index (χ3v) is 8.32. The standard InChI is InChI=1S/C39H24N2O3/c42-37(26-14-5-2-6-15-26)32-21-10-19-30-29-18-7-8-22-33(29)41(36(30)32)34-23-11-20-31-35(34)39(44)40(38(31)43)28-17-9-16-27(24-28)25-12-3-1-4-13-25/h1-24H. The first kappa shape index (κ1) is 25.6. The summed E-state index contributed by atoms with van der Waals surface area (Å²) < 4.78 is 1.97. The molecule has 7 aromatic rings. The van der Waals surface area contributed by atoms with Gasteiger partial charge in [0.05, 0.1) is 33.5 Å². The fourth-order valence-electron chi connectivity index (χ4n) is 6.34. The summed E-state index contributed by atoms with van der Waals surface area (Å²) in [6.07, 6.45) is 0. The highest BCUT2D eigenvalue weighted by Crippen LogP contribution is 2.39. The largest absolute Gasteiger partial charge is 0.308 e. The summed E-state index contributed by atoms with van der Waals surface area (Å²) in [5.41, 5.74) is 6.24. The lowest BCUT2D eigenvalue weighted by molar-refractivity contribution is 0.0925. The van der Waals surface area contributed by atoms with Crippen LogP contribution in [0.25, 0.3) is 38.6 Å². The lowest BCUT2D eigenvalue weighted by Gasteiger charge is -2.16. The fourth-order valence-corrected chi connectivity index (χ4v) is 6.34. The second-order valence-electron chi connectivity index (χ2n) is 10.8. The van der Waals surface area contributed by atoms with E-state index in [4.69, 9.17) is 0 Å². The van der Waals surface area contributed by atoms with E-state index < -0.39 is 5.91 Å². The molecule has 5 heteroatoms. The number of nitrogens with zero attached hydrogens (tertiary/aromatic N) is 2. The number of aromatic nitrogens is 1. The summed E-state index contributed by atoms with van der Waals surface area (Å²) in [5, 5.41) is 1.84. The van der Waals surface area contributed by atoms with Crippen molar-refractivity contribution in [3.63, 3.8) is 0 Å². The van der Waals surface area contributed by atoms with E-state index in [1.54, 1.807) is 30.3 Å². The molecule has 5 nitrogen and oxygen atoms in total. The van der Waals surface area contributed by atoms with E-state index >= 15 is 0 Å². The van der Waals surface area contributed by atoms with Crippen molar-refractivity contribution in [2.45, 2.75) is 0 Å². The van der Waals surface area contributed by atoms with Gasteiger partial charge in [-0.25, -0.2) is 4.90 Å². The van der Waals surface area contributed by atoms with Gasteiger partial charge in [0.25, 0.3) is 11.8 Å². The number of benzene rings is 6. The first-order valence-electron chi connectivity index (χ1n) is 14.4. The van der Waals surface area contributed by atoms with E-state index in [2.05, 4.69) is 0 Å². The Bertz CT molecular complexity index is 2280. The van der Waals surface area contributed by atoms with Crippen LogP contribution in [0.1, 0.15) is 36.6 Å². The molecule has 1 aromatic heterocycles. The third kappa shape index (κ3) is 3.83. The van der Waals surface area contributed by atoms with E-state index in [1.807, 2.05) is 120 Å². The molecule has 0 N–H and O–H groups in total. The summed E-state index contributed by atoms with van der Waals surface area (Å²) >= 11 is 0. The van der Waals surface area contributed by atoms with Crippen LogP contribution in [0.3, 0.4) is 0 Å². The number of hydrogen-bond donors (Lipinski definition) is 0. The van der Waals surface area contributed by atoms with E-state index in [-0.39, 0.29) is 11.7 Å². The molecule has 0 bridgehead atoms. The fraction of sp³-hybridized carbons (Fsp3) is 0. The molecule has 0 saturated carbocycles. The van der Waals surface area contributed by atoms with Crippen molar-refractivity contribution in [3.8, 4) is 16.8 Å². The zero-order valence-corrected chi connectivity index (χ0v) is 23.5. The Morgan fingerprint density at radius 3 is 2.02 bits per heavy atom. The molecule has 6 aromatic carbocycles. The number of imide groups is 1. The summed E-state index contributed by atoms with van der Waals surface area (Å²) in [5.74, 6) is -0.892. The van der Waals surface area contributed by atoms with Crippen molar-refractivity contribution in [2.75, 3.05) is 4.90 Å². The Labute approximate surface area is 253 Å². The number of anilines is 1. The summed E-state index contributed by atoms with van der Waals surface area (Å²) in [4.78, 5) is 43.4. The van der Waals surface area contributed by atoms with Gasteiger partial charge in [-0.05, 0) is 47.5 Å². The van der Waals surface area contributed by atoms with E-state index in [1.165, 1.54) is 4.90 Å². The van der Waals surface area contributed by atoms with Gasteiger partial charge in [-0.1, -0.05) is 109 Å². The number of carbonyl (C=O) groups is 3. The van der Waals surface area contributed by atoms with Crippen molar-refractivity contribution in [3.05, 3.63) is 168 Å². The monoisotopic (exact) mass is 568 g/mol. The van der Waals surface area contributed by atoms with Crippen molar-refractivity contribution < 1.29 is 14.4 Å². The molecule has 0 radical (unpaired) electrons. The number of amides is 2. The highest BCUT2D eigenvalue weighted by atomic mass is 16.2. The maximum absolute atomic E-state index is 14.3. The number of fused-ring (bicyclic) bond motifs is 4. The zero-order valence-electron chi connectivity index (χ0n) is 23.5. The van der Waals surface area contributed by atoms with Crippen LogP contribution in [0.5, 0.6) is 0 Å². The van der Waals surface area contributed by atoms with Gasteiger partial charge < -0.3 is 4.57 Å². The van der Waals surface area contributed by atoms with Crippen molar-refractivity contribution in [1.82, 2.24) is 4.57 Å². The number of hydrogen-bond acceptors (Lipinski definition) is 3. The molecular formula is C39H24N2O3. The minimum absolute atomic E-state index is 0.116. The predicted octanol–water partition coefficient (Wildman–Crippen LogP) is 8.48. The number of ketones is 1. The summed E-state index contributed by atoms with van der Waals surface area (Å²) in [6.45, 7) is 0. The van der Waals surface area contributed by atoms with Gasteiger partial charge in [-0.15, -0.1) is 0 Å². The smallest absolute Gasteiger partial charge is 0.268 e. The van der Waals surface area contributed by atoms with Gasteiger partial charge in [0.15, 0.2) is 5.78 Å². The average Bonchev–Trinajstić information content (AvgIpc) is 3.56. The molecule has 8 rings (SSSR count). The molecule has 1 aliphatic heterocycles. The van der Waals surface area contributed by atoms with Gasteiger partial charge in [0, 0.05) is 21.9 Å². The molecule has 2 amide bonds. The van der Waals surface area contributed by atoms with Crippen LogP contribution in [0.4, 0.5) is 5.69 Å². The van der Waals surface area contributed by atoms with E-state index in [0.29, 0.717) is 39.1 Å². The summed E-state index contributed by atoms with van der Waals surface area (Å²) in [6, 6.07) is 45.5. The normalized spacial score (nSPS) is 12.7. The number of rotatable bonds is 5. The molecule has 0 aliphatic carbocycles. The van der Waals surface area contributed by atoms with Crippen LogP contribution in [0.2, 0.25) is 0 Å². The molecule has 208 valence electrons. The van der Waals surface area contributed by atoms with Gasteiger partial charge in [0.1, 0.15) is 0 Å². The molecule has 0 spiro atoms. The highest BCUT2D eigenvalue weighted by molar-refractivity contribution is 6.36. The summed E-state index contributed by atoms with van der Waals surface area (Å²) in [7, 11) is 0. The quantitative estimate of drug-likeness (QED) is 0.155. The second kappa shape index (κ2) is 10.0. The first-order valence-corrected chi connectivity index (χ1v) is 14.4. The molecular weight excluding hydrogens is 544 g/mol. The van der Waals surface area contributed by atoms with Crippen LogP contribution < -0.4 is 4.90 Å². The Morgan fingerprint density at radius 1 is 0.545 bits per heavy atom. The number of para-hydroxylation sites is 2. The highest BCUT2D eigenvalue weighted by Gasteiger charge is 2.39. The Balaban J connectivity index is 1.34. The van der Waals surface area contributed by atoms with Crippen molar-refractivity contribution in [1.29, 1.82) is 0 Å². The van der Waals surface area contributed by atoms with Gasteiger partial charge in [-0.3, -0.25) is 14.4 Å². The van der Waals surface area contributed by atoms with Gasteiger partial charge in [-0.2, -0.15) is 0 Å². The van der Waals surface area contributed by atoms with Gasteiger partial charge >= 0.3 is 0 Å². The number of carbonyl (C=O) groups excluding carboxylic acids is 3. The van der Waals surface area contributed by atoms with Crippen molar-refractivity contribution >= 4 is 45.1 Å². The van der Waals surface area contributed by atoms with Gasteiger partial charge in [0.2, 0.25) is 0 Å².